The van der Waals surface area contributed by atoms with Crippen LogP contribution in [0.25, 0.3) is 0 Å². The van der Waals surface area contributed by atoms with Crippen LogP contribution in [0.15, 0.2) is 4.42 Å². The van der Waals surface area contributed by atoms with E-state index in [1.54, 1.807) is 0 Å². The van der Waals surface area contributed by atoms with E-state index < -0.39 is 0 Å². The lowest BCUT2D eigenvalue weighted by Crippen LogP contribution is -2.39. The van der Waals surface area contributed by atoms with Crippen LogP contribution in [0.2, 0.25) is 0 Å². The lowest BCUT2D eigenvalue weighted by atomic mass is 9.78. The smallest absolute Gasteiger partial charge is 0.318 e. The van der Waals surface area contributed by atoms with Crippen molar-refractivity contribution < 1.29 is 4.42 Å². The molecule has 0 radical (unpaired) electrons. The van der Waals surface area contributed by atoms with Gasteiger partial charge in [0.05, 0.1) is 0 Å². The molecule has 1 aromatic rings. The third kappa shape index (κ3) is 2.61. The molecular weight excluding hydrogens is 240 g/mol. The molecule has 0 saturated carbocycles. The Bertz CT molecular complexity index is 423. The molecule has 0 aromatic carbocycles. The molecule has 0 amide bonds. The first kappa shape index (κ1) is 12.9. The standard InChI is InChI=1S/C14H24N4O/c1-3-4-12-15-16-13(19-12)18-10-7-14(11-18)5-8-17(2)9-6-14/h3-11H2,1-2H3. The Morgan fingerprint density at radius 1 is 1.16 bits per heavy atom. The molecule has 3 rings (SSSR count). The topological polar surface area (TPSA) is 45.4 Å². The molecule has 0 bridgehead atoms. The fraction of sp³-hybridized carbons (Fsp3) is 0.857. The van der Waals surface area contributed by atoms with Crippen molar-refractivity contribution in [1.29, 1.82) is 0 Å². The molecule has 0 aliphatic carbocycles. The van der Waals surface area contributed by atoms with Crippen molar-refractivity contribution in [2.75, 3.05) is 38.1 Å². The van der Waals surface area contributed by atoms with Gasteiger partial charge >= 0.3 is 6.01 Å². The first-order chi connectivity index (χ1) is 9.21. The number of hydrogen-bond acceptors (Lipinski definition) is 5. The second-order valence-electron chi connectivity index (χ2n) is 6.20. The molecule has 0 N–H and O–H groups in total. The maximum Gasteiger partial charge on any atom is 0.318 e. The monoisotopic (exact) mass is 264 g/mol. The SMILES string of the molecule is CCCc1nnc(N2CCC3(CCN(C)CC3)C2)o1. The molecule has 2 aliphatic heterocycles. The lowest BCUT2D eigenvalue weighted by Gasteiger charge is -2.37. The molecule has 1 aromatic heterocycles. The Labute approximate surface area is 115 Å². The molecule has 5 heteroatoms. The average molecular weight is 264 g/mol. The summed E-state index contributed by atoms with van der Waals surface area (Å²) in [6, 6.07) is 0.735. The Balaban J connectivity index is 1.64. The van der Waals surface area contributed by atoms with Gasteiger partial charge in [0.15, 0.2) is 0 Å². The Morgan fingerprint density at radius 3 is 2.63 bits per heavy atom. The van der Waals surface area contributed by atoms with Gasteiger partial charge in [-0.15, -0.1) is 5.10 Å². The van der Waals surface area contributed by atoms with E-state index in [1.807, 2.05) is 0 Å². The van der Waals surface area contributed by atoms with Crippen LogP contribution in [0.4, 0.5) is 6.01 Å². The highest BCUT2D eigenvalue weighted by Crippen LogP contribution is 2.41. The maximum absolute atomic E-state index is 5.76. The van der Waals surface area contributed by atoms with Crippen molar-refractivity contribution in [3.05, 3.63) is 5.89 Å². The van der Waals surface area contributed by atoms with Gasteiger partial charge < -0.3 is 14.2 Å². The number of rotatable bonds is 3. The number of piperidine rings is 1. The van der Waals surface area contributed by atoms with E-state index in [0.717, 1.165) is 37.8 Å². The quantitative estimate of drug-likeness (QED) is 0.835. The minimum absolute atomic E-state index is 0.492. The number of nitrogens with zero attached hydrogens (tertiary/aromatic N) is 4. The lowest BCUT2D eigenvalue weighted by molar-refractivity contribution is 0.141. The summed E-state index contributed by atoms with van der Waals surface area (Å²) in [6.45, 7) is 6.73. The van der Waals surface area contributed by atoms with Crippen LogP contribution in [0.5, 0.6) is 0 Å². The Kier molecular flexibility index (Phi) is 3.48. The van der Waals surface area contributed by atoms with Crippen LogP contribution in [0, 0.1) is 5.41 Å². The van der Waals surface area contributed by atoms with Crippen LogP contribution >= 0.6 is 0 Å². The van der Waals surface area contributed by atoms with Gasteiger partial charge in [-0.2, -0.15) is 0 Å². The molecule has 0 unspecified atom stereocenters. The molecule has 0 atom stereocenters. The van der Waals surface area contributed by atoms with E-state index in [-0.39, 0.29) is 0 Å². The summed E-state index contributed by atoms with van der Waals surface area (Å²) in [7, 11) is 2.22. The molecule has 2 saturated heterocycles. The highest BCUT2D eigenvalue weighted by molar-refractivity contribution is 5.28. The van der Waals surface area contributed by atoms with Crippen LogP contribution in [0.1, 0.15) is 38.5 Å². The molecule has 19 heavy (non-hydrogen) atoms. The van der Waals surface area contributed by atoms with Gasteiger partial charge in [-0.05, 0) is 51.2 Å². The molecule has 5 nitrogen and oxygen atoms in total. The van der Waals surface area contributed by atoms with E-state index in [9.17, 15) is 0 Å². The zero-order chi connectivity index (χ0) is 13.3. The zero-order valence-electron chi connectivity index (χ0n) is 12.1. The largest absolute Gasteiger partial charge is 0.408 e. The molecular formula is C14H24N4O. The number of likely N-dealkylation sites (tertiary alicyclic amines) is 1. The Morgan fingerprint density at radius 2 is 1.89 bits per heavy atom. The van der Waals surface area contributed by atoms with Crippen molar-refractivity contribution in [2.45, 2.75) is 39.0 Å². The Hall–Kier alpha value is -1.10. The van der Waals surface area contributed by atoms with Gasteiger partial charge in [0, 0.05) is 19.5 Å². The van der Waals surface area contributed by atoms with E-state index in [1.165, 1.54) is 32.4 Å². The summed E-state index contributed by atoms with van der Waals surface area (Å²) in [4.78, 5) is 4.72. The number of aryl methyl sites for hydroxylation is 1. The van der Waals surface area contributed by atoms with E-state index in [2.05, 4.69) is 34.0 Å². The van der Waals surface area contributed by atoms with Gasteiger partial charge in [0.25, 0.3) is 0 Å². The summed E-state index contributed by atoms with van der Waals surface area (Å²) in [6.07, 6.45) is 5.81. The molecule has 2 aliphatic rings. The minimum Gasteiger partial charge on any atom is -0.408 e. The van der Waals surface area contributed by atoms with E-state index in [0.29, 0.717) is 5.41 Å². The first-order valence-electron chi connectivity index (χ1n) is 7.47. The summed E-state index contributed by atoms with van der Waals surface area (Å²) in [5.41, 5.74) is 0.492. The van der Waals surface area contributed by atoms with Gasteiger partial charge in [0.2, 0.25) is 5.89 Å². The van der Waals surface area contributed by atoms with Crippen molar-refractivity contribution in [3.63, 3.8) is 0 Å². The summed E-state index contributed by atoms with van der Waals surface area (Å²) >= 11 is 0. The third-order valence-corrected chi connectivity index (χ3v) is 4.68. The van der Waals surface area contributed by atoms with E-state index in [4.69, 9.17) is 4.42 Å². The second kappa shape index (κ2) is 5.12. The number of anilines is 1. The highest BCUT2D eigenvalue weighted by atomic mass is 16.4. The number of hydrogen-bond donors (Lipinski definition) is 0. The number of aromatic nitrogens is 2. The van der Waals surface area contributed by atoms with Crippen LogP contribution < -0.4 is 4.90 Å². The fourth-order valence-corrected chi connectivity index (χ4v) is 3.29. The van der Waals surface area contributed by atoms with Crippen molar-refractivity contribution in [1.82, 2.24) is 15.1 Å². The molecule has 3 heterocycles. The van der Waals surface area contributed by atoms with Crippen LogP contribution in [-0.4, -0.2) is 48.3 Å². The maximum atomic E-state index is 5.76. The summed E-state index contributed by atoms with van der Waals surface area (Å²) in [5, 5.41) is 8.34. The second-order valence-corrected chi connectivity index (χ2v) is 6.20. The summed E-state index contributed by atoms with van der Waals surface area (Å²) < 4.78 is 5.76. The third-order valence-electron chi connectivity index (χ3n) is 4.68. The van der Waals surface area contributed by atoms with E-state index >= 15 is 0 Å². The van der Waals surface area contributed by atoms with Gasteiger partial charge in [0.1, 0.15) is 0 Å². The molecule has 1 spiro atoms. The van der Waals surface area contributed by atoms with Gasteiger partial charge in [-0.3, -0.25) is 0 Å². The first-order valence-corrected chi connectivity index (χ1v) is 7.47. The normalized spacial score (nSPS) is 23.4. The van der Waals surface area contributed by atoms with Crippen molar-refractivity contribution >= 4 is 6.01 Å². The van der Waals surface area contributed by atoms with Crippen LogP contribution in [-0.2, 0) is 6.42 Å². The van der Waals surface area contributed by atoms with Crippen molar-refractivity contribution in [2.24, 2.45) is 5.41 Å². The van der Waals surface area contributed by atoms with Gasteiger partial charge in [-0.25, -0.2) is 0 Å². The fourth-order valence-electron chi connectivity index (χ4n) is 3.29. The minimum atomic E-state index is 0.492. The van der Waals surface area contributed by atoms with Gasteiger partial charge in [-0.1, -0.05) is 12.0 Å². The predicted molar refractivity (Wildman–Crippen MR) is 74.3 cm³/mol. The predicted octanol–water partition coefficient (Wildman–Crippen LogP) is 1.94. The zero-order valence-corrected chi connectivity index (χ0v) is 12.1. The average Bonchev–Trinajstić information content (AvgIpc) is 3.02. The summed E-state index contributed by atoms with van der Waals surface area (Å²) in [5.74, 6) is 0.779. The molecule has 2 fully saturated rings. The highest BCUT2D eigenvalue weighted by Gasteiger charge is 2.41. The van der Waals surface area contributed by atoms with Crippen LogP contribution in [0.3, 0.4) is 0 Å². The van der Waals surface area contributed by atoms with Crippen molar-refractivity contribution in [3.8, 4) is 0 Å². The molecule has 106 valence electrons.